The summed E-state index contributed by atoms with van der Waals surface area (Å²) in [6.07, 6.45) is 2.37. The number of rotatable bonds is 5. The molecular weight excluding hydrogens is 436 g/mol. The monoisotopic (exact) mass is 458 g/mol. The topological polar surface area (TPSA) is 101 Å². The molecule has 166 valence electrons. The molecule has 5 rings (SSSR count). The molecule has 1 N–H and O–H groups in total. The van der Waals surface area contributed by atoms with Gasteiger partial charge < -0.3 is 9.47 Å². The molecule has 0 saturated carbocycles. The van der Waals surface area contributed by atoms with Crippen LogP contribution in [0.4, 0.5) is 0 Å². The quantitative estimate of drug-likeness (QED) is 0.433. The van der Waals surface area contributed by atoms with Crippen LogP contribution in [-0.4, -0.2) is 35.4 Å². The van der Waals surface area contributed by atoms with Crippen LogP contribution >= 0.6 is 11.3 Å². The number of nitrogens with zero attached hydrogens (tertiary/aromatic N) is 3. The number of hydrogen-bond donors (Lipinski definition) is 1. The van der Waals surface area contributed by atoms with Gasteiger partial charge in [-0.2, -0.15) is 5.26 Å². The zero-order chi connectivity index (χ0) is 23.0. The van der Waals surface area contributed by atoms with Crippen LogP contribution in [0.5, 0.6) is 5.88 Å². The van der Waals surface area contributed by atoms with Gasteiger partial charge in [-0.15, -0.1) is 16.4 Å². The predicted molar refractivity (Wildman–Crippen MR) is 125 cm³/mol. The molecule has 33 heavy (non-hydrogen) atoms. The Morgan fingerprint density at radius 3 is 2.76 bits per heavy atom. The highest BCUT2D eigenvalue weighted by molar-refractivity contribution is 7.18. The number of nitriles is 1. The molecule has 2 aromatic heterocycles. The number of H-pyrrole nitrogens is 1. The number of carbonyl (C=O) groups excluding carboxylic acids is 1. The van der Waals surface area contributed by atoms with Crippen LogP contribution in [0, 0.1) is 11.3 Å². The third-order valence-electron chi connectivity index (χ3n) is 6.46. The molecule has 2 heterocycles. The summed E-state index contributed by atoms with van der Waals surface area (Å²) in [6, 6.07) is 18.5. The van der Waals surface area contributed by atoms with Crippen molar-refractivity contribution in [3.05, 3.63) is 75.9 Å². The molecule has 0 bridgehead atoms. The Bertz CT molecular complexity index is 1350. The molecule has 7 nitrogen and oxygen atoms in total. The first-order valence-corrected chi connectivity index (χ1v) is 11.5. The zero-order valence-electron chi connectivity index (χ0n) is 18.3. The number of nitrogens with one attached hydrogen (secondary N) is 1. The maximum Gasteiger partial charge on any atom is 0.356 e. The number of aromatic amines is 1. The number of para-hydroxylation sites is 1. The number of aryl methyl sites for hydroxylation is 1. The summed E-state index contributed by atoms with van der Waals surface area (Å²) in [5.41, 5.74) is 2.85. The Balaban J connectivity index is 1.85. The van der Waals surface area contributed by atoms with E-state index in [1.54, 1.807) is 0 Å². The molecule has 8 heteroatoms. The van der Waals surface area contributed by atoms with Crippen LogP contribution in [0.3, 0.4) is 0 Å². The fourth-order valence-corrected chi connectivity index (χ4v) is 6.20. The van der Waals surface area contributed by atoms with Gasteiger partial charge in [-0.25, -0.2) is 9.78 Å². The van der Waals surface area contributed by atoms with E-state index in [1.807, 2.05) is 42.5 Å². The number of thiazole rings is 1. The van der Waals surface area contributed by atoms with Gasteiger partial charge in [-0.05, 0) is 42.5 Å². The Kier molecular flexibility index (Phi) is 5.35. The second-order valence-electron chi connectivity index (χ2n) is 8.04. The van der Waals surface area contributed by atoms with Crippen molar-refractivity contribution in [2.75, 3.05) is 14.2 Å². The SMILES string of the molecule is COC(=O)c1[nH]nc(OC)c1C1(C(C#N)c2nc3ccccc3s2)CCCc2ccccc21. The Morgan fingerprint density at radius 2 is 2.00 bits per heavy atom. The number of aromatic nitrogens is 3. The maximum atomic E-state index is 12.8. The van der Waals surface area contributed by atoms with Gasteiger partial charge in [0.2, 0.25) is 5.88 Å². The highest BCUT2D eigenvalue weighted by atomic mass is 32.1. The lowest BCUT2D eigenvalue weighted by Crippen LogP contribution is -2.39. The van der Waals surface area contributed by atoms with E-state index in [1.165, 1.54) is 25.6 Å². The first kappa shape index (κ1) is 21.2. The van der Waals surface area contributed by atoms with Gasteiger partial charge in [0.15, 0.2) is 5.69 Å². The molecule has 4 aromatic rings. The Labute approximate surface area is 195 Å². The van der Waals surface area contributed by atoms with E-state index in [4.69, 9.17) is 14.5 Å². The van der Waals surface area contributed by atoms with Crippen molar-refractivity contribution in [2.45, 2.75) is 30.6 Å². The minimum atomic E-state index is -0.890. The number of hydrogen-bond acceptors (Lipinski definition) is 7. The summed E-state index contributed by atoms with van der Waals surface area (Å²) >= 11 is 1.51. The van der Waals surface area contributed by atoms with Crippen LogP contribution in [0.25, 0.3) is 10.2 Å². The Morgan fingerprint density at radius 1 is 1.21 bits per heavy atom. The summed E-state index contributed by atoms with van der Waals surface area (Å²) < 4.78 is 11.7. The molecule has 0 amide bonds. The van der Waals surface area contributed by atoms with Crippen molar-refractivity contribution in [3.63, 3.8) is 0 Å². The number of carbonyl (C=O) groups is 1. The van der Waals surface area contributed by atoms with Crippen molar-refractivity contribution < 1.29 is 14.3 Å². The lowest BCUT2D eigenvalue weighted by Gasteiger charge is -2.42. The third kappa shape index (κ3) is 3.19. The van der Waals surface area contributed by atoms with Gasteiger partial charge in [-0.1, -0.05) is 36.4 Å². The average Bonchev–Trinajstić information content (AvgIpc) is 3.48. The van der Waals surface area contributed by atoms with Crippen molar-refractivity contribution in [3.8, 4) is 11.9 Å². The van der Waals surface area contributed by atoms with Crippen LogP contribution < -0.4 is 4.74 Å². The molecule has 0 radical (unpaired) electrons. The standard InChI is InChI=1S/C25H22N4O3S/c1-31-22-20(21(28-29-22)24(30)32-2)25(13-7-9-15-8-3-4-10-16(15)25)17(14-26)23-27-18-11-5-6-12-19(18)33-23/h3-6,8,10-12,17H,7,9,13H2,1-2H3,(H,28,29). The number of methoxy groups -OCH3 is 2. The van der Waals surface area contributed by atoms with Crippen molar-refractivity contribution in [1.29, 1.82) is 5.26 Å². The van der Waals surface area contributed by atoms with Gasteiger partial charge in [0.05, 0.1) is 41.5 Å². The van der Waals surface area contributed by atoms with Crippen molar-refractivity contribution in [2.24, 2.45) is 0 Å². The summed E-state index contributed by atoms with van der Waals surface area (Å²) in [6.45, 7) is 0. The van der Waals surface area contributed by atoms with E-state index in [0.29, 0.717) is 17.0 Å². The number of fused-ring (bicyclic) bond motifs is 2. The molecular formula is C25H22N4O3S. The summed E-state index contributed by atoms with van der Waals surface area (Å²) in [5, 5.41) is 18.4. The summed E-state index contributed by atoms with van der Waals surface area (Å²) in [4.78, 5) is 17.6. The van der Waals surface area contributed by atoms with Crippen LogP contribution in [0.2, 0.25) is 0 Å². The van der Waals surface area contributed by atoms with E-state index in [2.05, 4.69) is 22.3 Å². The van der Waals surface area contributed by atoms with E-state index in [0.717, 1.165) is 34.2 Å². The molecule has 0 aliphatic heterocycles. The van der Waals surface area contributed by atoms with Crippen LogP contribution in [-0.2, 0) is 16.6 Å². The first-order valence-electron chi connectivity index (χ1n) is 10.7. The normalized spacial score (nSPS) is 18.3. The predicted octanol–water partition coefficient (Wildman–Crippen LogP) is 4.74. The van der Waals surface area contributed by atoms with Crippen molar-refractivity contribution >= 4 is 27.5 Å². The molecule has 1 aliphatic rings. The Hall–Kier alpha value is -3.70. The highest BCUT2D eigenvalue weighted by Crippen LogP contribution is 2.55. The highest BCUT2D eigenvalue weighted by Gasteiger charge is 2.52. The van der Waals surface area contributed by atoms with E-state index >= 15 is 0 Å². The van der Waals surface area contributed by atoms with Crippen LogP contribution in [0.15, 0.2) is 48.5 Å². The molecule has 0 fully saturated rings. The second-order valence-corrected chi connectivity index (χ2v) is 9.10. The lowest BCUT2D eigenvalue weighted by molar-refractivity contribution is 0.0590. The van der Waals surface area contributed by atoms with Gasteiger partial charge in [0, 0.05) is 0 Å². The number of ether oxygens (including phenoxy) is 2. The average molecular weight is 459 g/mol. The second kappa shape index (κ2) is 8.34. The fraction of sp³-hybridized carbons (Fsp3) is 0.280. The molecule has 1 aliphatic carbocycles. The first-order chi connectivity index (χ1) is 16.1. The molecule has 0 spiro atoms. The van der Waals surface area contributed by atoms with E-state index in [-0.39, 0.29) is 11.6 Å². The molecule has 2 aromatic carbocycles. The largest absolute Gasteiger partial charge is 0.480 e. The summed E-state index contributed by atoms with van der Waals surface area (Å²) in [5.74, 6) is -0.927. The van der Waals surface area contributed by atoms with Gasteiger partial charge >= 0.3 is 5.97 Å². The number of esters is 1. The fourth-order valence-electron chi connectivity index (χ4n) is 5.10. The smallest absolute Gasteiger partial charge is 0.356 e. The zero-order valence-corrected chi connectivity index (χ0v) is 19.1. The van der Waals surface area contributed by atoms with E-state index in [9.17, 15) is 10.1 Å². The molecule has 2 unspecified atom stereocenters. The molecule has 2 atom stereocenters. The lowest BCUT2D eigenvalue weighted by atomic mass is 9.59. The number of benzene rings is 2. The minimum Gasteiger partial charge on any atom is -0.480 e. The van der Waals surface area contributed by atoms with Gasteiger partial charge in [0.1, 0.15) is 10.9 Å². The minimum absolute atomic E-state index is 0.201. The van der Waals surface area contributed by atoms with Gasteiger partial charge in [0.25, 0.3) is 0 Å². The van der Waals surface area contributed by atoms with Gasteiger partial charge in [-0.3, -0.25) is 5.10 Å². The van der Waals surface area contributed by atoms with E-state index < -0.39 is 17.3 Å². The van der Waals surface area contributed by atoms with Crippen molar-refractivity contribution in [1.82, 2.24) is 15.2 Å². The third-order valence-corrected chi connectivity index (χ3v) is 7.56. The molecule has 0 saturated heterocycles. The maximum absolute atomic E-state index is 12.8. The van der Waals surface area contributed by atoms with Crippen LogP contribution in [0.1, 0.15) is 50.9 Å². The summed E-state index contributed by atoms with van der Waals surface area (Å²) in [7, 11) is 2.85.